The molecule has 0 unspecified atom stereocenters. The fraction of sp³-hybridized carbons (Fsp3) is 0.533. The van der Waals surface area contributed by atoms with Crippen molar-refractivity contribution < 1.29 is 4.79 Å². The fourth-order valence-electron chi connectivity index (χ4n) is 2.77. The minimum atomic E-state index is -0.0803. The first-order valence-electron chi connectivity index (χ1n) is 7.79. The van der Waals surface area contributed by atoms with Gasteiger partial charge in [-0.3, -0.25) is 19.1 Å². The van der Waals surface area contributed by atoms with E-state index in [0.29, 0.717) is 30.4 Å². The van der Waals surface area contributed by atoms with E-state index >= 15 is 0 Å². The zero-order valence-corrected chi connectivity index (χ0v) is 14.2. The van der Waals surface area contributed by atoms with Gasteiger partial charge < -0.3 is 4.90 Å². The average molecular weight is 337 g/mol. The van der Waals surface area contributed by atoms with Gasteiger partial charge >= 0.3 is 0 Å². The van der Waals surface area contributed by atoms with Gasteiger partial charge in [0.15, 0.2) is 5.69 Å². The van der Waals surface area contributed by atoms with Gasteiger partial charge in [0, 0.05) is 64.3 Å². The molecule has 8 heteroatoms. The van der Waals surface area contributed by atoms with E-state index in [-0.39, 0.29) is 5.91 Å². The summed E-state index contributed by atoms with van der Waals surface area (Å²) < 4.78 is 3.50. The standard InChI is InChI=1S/C15H21ClN6O/c1-3-22-11-13(16)14(18-22)15(23)21-6-4-20(5-7-21)10-12-8-17-19(2)9-12/h8-9,11H,3-7,10H2,1-2H3. The number of rotatable bonds is 4. The zero-order valence-electron chi connectivity index (χ0n) is 13.4. The van der Waals surface area contributed by atoms with E-state index in [1.807, 2.05) is 31.3 Å². The molecule has 0 aromatic carbocycles. The maximum absolute atomic E-state index is 12.6. The van der Waals surface area contributed by atoms with E-state index in [1.54, 1.807) is 15.6 Å². The second kappa shape index (κ2) is 6.72. The second-order valence-electron chi connectivity index (χ2n) is 5.77. The lowest BCUT2D eigenvalue weighted by atomic mass is 10.2. The molecule has 0 aliphatic carbocycles. The minimum Gasteiger partial charge on any atom is -0.335 e. The topological polar surface area (TPSA) is 59.2 Å². The van der Waals surface area contributed by atoms with Crippen LogP contribution in [0, 0.1) is 0 Å². The van der Waals surface area contributed by atoms with Crippen LogP contribution in [0.4, 0.5) is 0 Å². The number of piperazine rings is 1. The molecule has 2 aromatic heterocycles. The van der Waals surface area contributed by atoms with Crippen LogP contribution in [-0.2, 0) is 20.1 Å². The van der Waals surface area contributed by atoms with Crippen LogP contribution in [0.1, 0.15) is 23.0 Å². The van der Waals surface area contributed by atoms with Crippen LogP contribution in [0.25, 0.3) is 0 Å². The molecule has 2 aromatic rings. The first kappa shape index (κ1) is 16.0. The van der Waals surface area contributed by atoms with E-state index in [0.717, 1.165) is 19.6 Å². The van der Waals surface area contributed by atoms with Crippen LogP contribution in [0.15, 0.2) is 18.6 Å². The predicted octanol–water partition coefficient (Wildman–Crippen LogP) is 1.25. The van der Waals surface area contributed by atoms with E-state index in [2.05, 4.69) is 15.1 Å². The highest BCUT2D eigenvalue weighted by Crippen LogP contribution is 2.17. The largest absolute Gasteiger partial charge is 0.335 e. The predicted molar refractivity (Wildman–Crippen MR) is 87.3 cm³/mol. The third-order valence-electron chi connectivity index (χ3n) is 4.07. The summed E-state index contributed by atoms with van der Waals surface area (Å²) >= 11 is 6.13. The molecule has 0 radical (unpaired) electrons. The fourth-order valence-corrected chi connectivity index (χ4v) is 3.01. The van der Waals surface area contributed by atoms with Crippen molar-refractivity contribution in [3.63, 3.8) is 0 Å². The zero-order chi connectivity index (χ0) is 16.4. The summed E-state index contributed by atoms with van der Waals surface area (Å²) in [6.45, 7) is 6.59. The molecule has 1 aliphatic rings. The van der Waals surface area contributed by atoms with Crippen molar-refractivity contribution in [3.8, 4) is 0 Å². The number of hydrogen-bond acceptors (Lipinski definition) is 4. The molecule has 1 amide bonds. The van der Waals surface area contributed by atoms with Crippen LogP contribution in [-0.4, -0.2) is 61.4 Å². The summed E-state index contributed by atoms with van der Waals surface area (Å²) in [5.41, 5.74) is 1.55. The van der Waals surface area contributed by atoms with Crippen molar-refractivity contribution in [3.05, 3.63) is 34.9 Å². The molecule has 1 saturated heterocycles. The van der Waals surface area contributed by atoms with E-state index in [1.165, 1.54) is 5.56 Å². The highest BCUT2D eigenvalue weighted by molar-refractivity contribution is 6.33. The lowest BCUT2D eigenvalue weighted by molar-refractivity contribution is 0.0622. The van der Waals surface area contributed by atoms with Crippen LogP contribution in [0.5, 0.6) is 0 Å². The number of carbonyl (C=O) groups is 1. The Morgan fingerprint density at radius 2 is 2.00 bits per heavy atom. The normalized spacial score (nSPS) is 16.0. The van der Waals surface area contributed by atoms with Gasteiger partial charge in [0.1, 0.15) is 0 Å². The first-order valence-corrected chi connectivity index (χ1v) is 8.16. The third kappa shape index (κ3) is 3.56. The van der Waals surface area contributed by atoms with Gasteiger partial charge in [0.25, 0.3) is 5.91 Å². The molecule has 3 heterocycles. The van der Waals surface area contributed by atoms with Gasteiger partial charge in [-0.25, -0.2) is 0 Å². The maximum atomic E-state index is 12.6. The Hall–Kier alpha value is -1.86. The Morgan fingerprint density at radius 3 is 2.57 bits per heavy atom. The molecule has 0 spiro atoms. The SMILES string of the molecule is CCn1cc(Cl)c(C(=O)N2CCN(Cc3cnn(C)c3)CC2)n1. The highest BCUT2D eigenvalue weighted by atomic mass is 35.5. The molecule has 0 N–H and O–H groups in total. The summed E-state index contributed by atoms with van der Waals surface area (Å²) in [6.07, 6.45) is 5.61. The number of hydrogen-bond donors (Lipinski definition) is 0. The lowest BCUT2D eigenvalue weighted by Gasteiger charge is -2.34. The van der Waals surface area contributed by atoms with Gasteiger partial charge in [-0.05, 0) is 6.92 Å². The number of aryl methyl sites for hydroxylation is 2. The maximum Gasteiger partial charge on any atom is 0.276 e. The van der Waals surface area contributed by atoms with E-state index < -0.39 is 0 Å². The molecule has 0 bridgehead atoms. The van der Waals surface area contributed by atoms with Gasteiger partial charge in [-0.15, -0.1) is 0 Å². The smallest absolute Gasteiger partial charge is 0.276 e. The monoisotopic (exact) mass is 336 g/mol. The third-order valence-corrected chi connectivity index (χ3v) is 4.34. The molecule has 1 fully saturated rings. The molecule has 7 nitrogen and oxygen atoms in total. The average Bonchev–Trinajstić information content (AvgIpc) is 3.13. The number of halogens is 1. The summed E-state index contributed by atoms with van der Waals surface area (Å²) in [5.74, 6) is -0.0803. The van der Waals surface area contributed by atoms with Crippen molar-refractivity contribution >= 4 is 17.5 Å². The number of carbonyl (C=O) groups excluding carboxylic acids is 1. The summed E-state index contributed by atoms with van der Waals surface area (Å²) in [5, 5.41) is 8.87. The first-order chi connectivity index (χ1) is 11.1. The van der Waals surface area contributed by atoms with E-state index in [9.17, 15) is 4.79 Å². The molecular formula is C15H21ClN6O. The van der Waals surface area contributed by atoms with Crippen LogP contribution in [0.2, 0.25) is 5.02 Å². The molecule has 3 rings (SSSR count). The van der Waals surface area contributed by atoms with Crippen LogP contribution >= 0.6 is 11.6 Å². The van der Waals surface area contributed by atoms with Crippen molar-refractivity contribution in [2.45, 2.75) is 20.0 Å². The quantitative estimate of drug-likeness (QED) is 0.843. The van der Waals surface area contributed by atoms with Crippen LogP contribution in [0.3, 0.4) is 0 Å². The molecular weight excluding hydrogens is 316 g/mol. The highest BCUT2D eigenvalue weighted by Gasteiger charge is 2.25. The van der Waals surface area contributed by atoms with Crippen molar-refractivity contribution in [1.82, 2.24) is 29.4 Å². The molecule has 0 atom stereocenters. The molecule has 23 heavy (non-hydrogen) atoms. The van der Waals surface area contributed by atoms with Gasteiger partial charge in [-0.1, -0.05) is 11.6 Å². The van der Waals surface area contributed by atoms with Gasteiger partial charge in [0.2, 0.25) is 0 Å². The van der Waals surface area contributed by atoms with Crippen molar-refractivity contribution in [2.75, 3.05) is 26.2 Å². The van der Waals surface area contributed by atoms with E-state index in [4.69, 9.17) is 11.6 Å². The molecule has 124 valence electrons. The Labute approximate surface area is 140 Å². The Morgan fingerprint density at radius 1 is 1.26 bits per heavy atom. The number of nitrogens with zero attached hydrogens (tertiary/aromatic N) is 6. The molecule has 0 saturated carbocycles. The summed E-state index contributed by atoms with van der Waals surface area (Å²) in [4.78, 5) is 16.7. The minimum absolute atomic E-state index is 0.0803. The Bertz CT molecular complexity index is 686. The second-order valence-corrected chi connectivity index (χ2v) is 6.18. The Balaban J connectivity index is 1.57. The van der Waals surface area contributed by atoms with Crippen molar-refractivity contribution in [1.29, 1.82) is 0 Å². The summed E-state index contributed by atoms with van der Waals surface area (Å²) in [7, 11) is 1.92. The Kier molecular flexibility index (Phi) is 4.68. The van der Waals surface area contributed by atoms with Crippen molar-refractivity contribution in [2.24, 2.45) is 7.05 Å². The van der Waals surface area contributed by atoms with Crippen LogP contribution < -0.4 is 0 Å². The molecule has 1 aliphatic heterocycles. The summed E-state index contributed by atoms with van der Waals surface area (Å²) in [6, 6.07) is 0. The van der Waals surface area contributed by atoms with Gasteiger partial charge in [0.05, 0.1) is 11.2 Å². The van der Waals surface area contributed by atoms with Gasteiger partial charge in [-0.2, -0.15) is 10.2 Å². The number of aromatic nitrogens is 4. The number of amides is 1. The lowest BCUT2D eigenvalue weighted by Crippen LogP contribution is -2.48.